The summed E-state index contributed by atoms with van der Waals surface area (Å²) in [6, 6.07) is 5.10. The third kappa shape index (κ3) is 3.70. The lowest BCUT2D eigenvalue weighted by Crippen LogP contribution is -2.45. The molecular formula is C16H25FN2O. The van der Waals surface area contributed by atoms with E-state index in [0.29, 0.717) is 0 Å². The molecule has 0 bridgehead atoms. The van der Waals surface area contributed by atoms with Crippen molar-refractivity contribution in [3.63, 3.8) is 0 Å². The second-order valence-corrected chi connectivity index (χ2v) is 5.33. The van der Waals surface area contributed by atoms with E-state index in [0.717, 1.165) is 56.8 Å². The van der Waals surface area contributed by atoms with Gasteiger partial charge < -0.3 is 10.1 Å². The Bertz CT molecular complexity index is 419. The van der Waals surface area contributed by atoms with Crippen molar-refractivity contribution in [1.29, 1.82) is 0 Å². The van der Waals surface area contributed by atoms with Crippen LogP contribution in [0.1, 0.15) is 37.8 Å². The van der Waals surface area contributed by atoms with E-state index in [1.165, 1.54) is 6.07 Å². The lowest BCUT2D eigenvalue weighted by molar-refractivity contribution is 0.160. The van der Waals surface area contributed by atoms with Crippen LogP contribution in [0.2, 0.25) is 0 Å². The molecular weight excluding hydrogens is 255 g/mol. The summed E-state index contributed by atoms with van der Waals surface area (Å²) in [4.78, 5) is 2.45. The van der Waals surface area contributed by atoms with E-state index in [2.05, 4.69) is 17.1 Å². The maximum absolute atomic E-state index is 13.6. The second-order valence-electron chi connectivity index (χ2n) is 5.33. The van der Waals surface area contributed by atoms with Crippen molar-refractivity contribution in [2.24, 2.45) is 0 Å². The Balaban J connectivity index is 2.26. The van der Waals surface area contributed by atoms with Crippen molar-refractivity contribution in [2.45, 2.75) is 32.2 Å². The normalized spacial score (nSPS) is 17.9. The summed E-state index contributed by atoms with van der Waals surface area (Å²) in [7, 11) is 1.66. The molecule has 1 aliphatic rings. The number of nitrogens with zero attached hydrogens (tertiary/aromatic N) is 1. The molecule has 1 atom stereocenters. The Morgan fingerprint density at radius 3 is 2.75 bits per heavy atom. The van der Waals surface area contributed by atoms with E-state index < -0.39 is 0 Å². The van der Waals surface area contributed by atoms with E-state index in [4.69, 9.17) is 4.74 Å². The van der Waals surface area contributed by atoms with Crippen LogP contribution in [0, 0.1) is 5.82 Å². The van der Waals surface area contributed by atoms with E-state index in [9.17, 15) is 4.39 Å². The molecule has 1 fully saturated rings. The summed E-state index contributed by atoms with van der Waals surface area (Å²) in [5, 5.41) is 3.37. The average molecular weight is 280 g/mol. The predicted octanol–water partition coefficient (Wildman–Crippen LogP) is 2.97. The lowest BCUT2D eigenvalue weighted by Gasteiger charge is -2.36. The summed E-state index contributed by atoms with van der Waals surface area (Å²) in [5.74, 6) is 0.614. The van der Waals surface area contributed by atoms with Crippen LogP contribution in [-0.2, 0) is 0 Å². The summed E-state index contributed by atoms with van der Waals surface area (Å²) in [6.07, 6.45) is 3.35. The van der Waals surface area contributed by atoms with Crippen LogP contribution < -0.4 is 10.1 Å². The highest BCUT2D eigenvalue weighted by molar-refractivity contribution is 5.36. The molecule has 1 aliphatic heterocycles. The molecule has 1 aromatic rings. The maximum Gasteiger partial charge on any atom is 0.123 e. The van der Waals surface area contributed by atoms with Gasteiger partial charge in [0.05, 0.1) is 7.11 Å². The number of ether oxygens (including phenoxy) is 1. The summed E-state index contributed by atoms with van der Waals surface area (Å²) >= 11 is 0. The quantitative estimate of drug-likeness (QED) is 0.867. The largest absolute Gasteiger partial charge is 0.496 e. The molecule has 3 nitrogen and oxygen atoms in total. The van der Waals surface area contributed by atoms with Crippen molar-refractivity contribution in [3.05, 3.63) is 29.6 Å². The van der Waals surface area contributed by atoms with E-state index >= 15 is 0 Å². The first-order chi connectivity index (χ1) is 9.76. The third-order valence-electron chi connectivity index (χ3n) is 3.97. The number of methoxy groups -OCH3 is 1. The lowest BCUT2D eigenvalue weighted by atomic mass is 9.97. The zero-order valence-electron chi connectivity index (χ0n) is 12.5. The molecule has 0 spiro atoms. The number of rotatable bonds is 6. The number of hydrogen-bond donors (Lipinski definition) is 1. The number of halogens is 1. The Hall–Kier alpha value is -1.13. The van der Waals surface area contributed by atoms with Gasteiger partial charge in [-0.25, -0.2) is 4.39 Å². The third-order valence-corrected chi connectivity index (χ3v) is 3.97. The maximum atomic E-state index is 13.6. The molecule has 0 saturated carbocycles. The molecule has 0 radical (unpaired) electrons. The van der Waals surface area contributed by atoms with Gasteiger partial charge in [0.15, 0.2) is 0 Å². The second kappa shape index (κ2) is 7.60. The minimum atomic E-state index is -0.183. The predicted molar refractivity (Wildman–Crippen MR) is 79.7 cm³/mol. The van der Waals surface area contributed by atoms with Gasteiger partial charge in [-0.3, -0.25) is 4.90 Å². The molecule has 1 saturated heterocycles. The molecule has 1 aromatic carbocycles. The zero-order chi connectivity index (χ0) is 14.4. The number of hydrogen-bond acceptors (Lipinski definition) is 3. The fraction of sp³-hybridized carbons (Fsp3) is 0.625. The van der Waals surface area contributed by atoms with Gasteiger partial charge in [-0.15, -0.1) is 0 Å². The van der Waals surface area contributed by atoms with E-state index in [1.54, 1.807) is 19.2 Å². The van der Waals surface area contributed by atoms with Gasteiger partial charge in [0.25, 0.3) is 0 Å². The van der Waals surface area contributed by atoms with E-state index in [1.807, 2.05) is 0 Å². The van der Waals surface area contributed by atoms with Crippen LogP contribution in [0.4, 0.5) is 4.39 Å². The standard InChI is InChI=1S/C16H25FN2O/c1-3-4-5-15(19-10-8-18-9-11-19)14-12-13(17)6-7-16(14)20-2/h6-7,12,15,18H,3-5,8-11H2,1-2H3. The zero-order valence-corrected chi connectivity index (χ0v) is 12.5. The summed E-state index contributed by atoms with van der Waals surface area (Å²) in [6.45, 7) is 6.21. The minimum Gasteiger partial charge on any atom is -0.496 e. The first kappa shape index (κ1) is 15.3. The Morgan fingerprint density at radius 2 is 2.10 bits per heavy atom. The summed E-state index contributed by atoms with van der Waals surface area (Å²) in [5.41, 5.74) is 0.989. The van der Waals surface area contributed by atoms with Crippen LogP contribution >= 0.6 is 0 Å². The van der Waals surface area contributed by atoms with Crippen LogP contribution in [-0.4, -0.2) is 38.2 Å². The highest BCUT2D eigenvalue weighted by Gasteiger charge is 2.24. The molecule has 112 valence electrons. The average Bonchev–Trinajstić information content (AvgIpc) is 2.49. The van der Waals surface area contributed by atoms with Crippen molar-refractivity contribution in [1.82, 2.24) is 10.2 Å². The molecule has 0 aromatic heterocycles. The number of unbranched alkanes of at least 4 members (excludes halogenated alkanes) is 1. The van der Waals surface area contributed by atoms with Gasteiger partial charge in [0.1, 0.15) is 11.6 Å². The van der Waals surface area contributed by atoms with Crippen LogP contribution in [0.5, 0.6) is 5.75 Å². The minimum absolute atomic E-state index is 0.183. The molecule has 1 heterocycles. The van der Waals surface area contributed by atoms with Crippen LogP contribution in [0.3, 0.4) is 0 Å². The Morgan fingerprint density at radius 1 is 1.35 bits per heavy atom. The number of piperazine rings is 1. The molecule has 0 aliphatic carbocycles. The first-order valence-electron chi connectivity index (χ1n) is 7.54. The van der Waals surface area contributed by atoms with E-state index in [-0.39, 0.29) is 11.9 Å². The van der Waals surface area contributed by atoms with Crippen molar-refractivity contribution >= 4 is 0 Å². The van der Waals surface area contributed by atoms with Crippen molar-refractivity contribution in [2.75, 3.05) is 33.3 Å². The van der Waals surface area contributed by atoms with Gasteiger partial charge in [-0.05, 0) is 24.6 Å². The fourth-order valence-electron chi connectivity index (χ4n) is 2.89. The SMILES string of the molecule is CCCCC(c1cc(F)ccc1OC)N1CCNCC1. The monoisotopic (exact) mass is 280 g/mol. The molecule has 4 heteroatoms. The Labute approximate surface area is 121 Å². The van der Waals surface area contributed by atoms with Crippen LogP contribution in [0.15, 0.2) is 18.2 Å². The van der Waals surface area contributed by atoms with Crippen molar-refractivity contribution in [3.8, 4) is 5.75 Å². The highest BCUT2D eigenvalue weighted by atomic mass is 19.1. The van der Waals surface area contributed by atoms with Gasteiger partial charge in [-0.1, -0.05) is 19.8 Å². The Kier molecular flexibility index (Phi) is 5.80. The van der Waals surface area contributed by atoms with Gasteiger partial charge in [0, 0.05) is 37.8 Å². The number of benzene rings is 1. The topological polar surface area (TPSA) is 24.5 Å². The molecule has 1 unspecified atom stereocenters. The van der Waals surface area contributed by atoms with Gasteiger partial charge >= 0.3 is 0 Å². The molecule has 1 N–H and O–H groups in total. The summed E-state index contributed by atoms with van der Waals surface area (Å²) < 4.78 is 19.1. The molecule has 2 rings (SSSR count). The smallest absolute Gasteiger partial charge is 0.123 e. The molecule has 0 amide bonds. The van der Waals surface area contributed by atoms with Gasteiger partial charge in [0.2, 0.25) is 0 Å². The fourth-order valence-corrected chi connectivity index (χ4v) is 2.89. The molecule has 20 heavy (non-hydrogen) atoms. The highest BCUT2D eigenvalue weighted by Crippen LogP contribution is 2.33. The first-order valence-corrected chi connectivity index (χ1v) is 7.54. The van der Waals surface area contributed by atoms with Gasteiger partial charge in [-0.2, -0.15) is 0 Å². The number of nitrogens with one attached hydrogen (secondary N) is 1. The van der Waals surface area contributed by atoms with Crippen molar-refractivity contribution < 1.29 is 9.13 Å². The van der Waals surface area contributed by atoms with Crippen LogP contribution in [0.25, 0.3) is 0 Å².